The number of hydrogen-bond donors (Lipinski definition) is 0. The third-order valence-electron chi connectivity index (χ3n) is 4.33. The van der Waals surface area contributed by atoms with Crippen LogP contribution in [-0.4, -0.2) is 32.3 Å². The normalized spacial score (nSPS) is 18.1. The molecule has 0 aromatic carbocycles. The van der Waals surface area contributed by atoms with Gasteiger partial charge in [0.2, 0.25) is 0 Å². The first kappa shape index (κ1) is 14.8. The van der Waals surface area contributed by atoms with E-state index in [1.54, 1.807) is 10.7 Å². The summed E-state index contributed by atoms with van der Waals surface area (Å²) in [5.41, 5.74) is 2.49. The zero-order chi connectivity index (χ0) is 15.7. The number of rotatable bonds is 4. The van der Waals surface area contributed by atoms with Gasteiger partial charge in [0.25, 0.3) is 5.91 Å². The number of amides is 1. The van der Waals surface area contributed by atoms with E-state index in [-0.39, 0.29) is 11.9 Å². The van der Waals surface area contributed by atoms with E-state index < -0.39 is 0 Å². The molecule has 0 N–H and O–H groups in total. The molecule has 1 aliphatic rings. The Bertz CT molecular complexity index is 673. The lowest BCUT2D eigenvalue weighted by molar-refractivity contribution is 0.0727. The Morgan fingerprint density at radius 3 is 2.95 bits per heavy atom. The highest BCUT2D eigenvalue weighted by atomic mass is 16.5. The highest BCUT2D eigenvalue weighted by Crippen LogP contribution is 2.36. The first-order valence-electron chi connectivity index (χ1n) is 7.95. The zero-order valence-electron chi connectivity index (χ0n) is 13.4. The van der Waals surface area contributed by atoms with Gasteiger partial charge in [0.15, 0.2) is 0 Å². The largest absolute Gasteiger partial charge is 0.361 e. The van der Waals surface area contributed by atoms with Crippen molar-refractivity contribution in [2.45, 2.75) is 52.6 Å². The fourth-order valence-corrected chi connectivity index (χ4v) is 3.21. The lowest BCUT2D eigenvalue weighted by Crippen LogP contribution is -2.31. The van der Waals surface area contributed by atoms with Gasteiger partial charge in [-0.05, 0) is 32.8 Å². The molecule has 6 heteroatoms. The molecule has 2 aromatic rings. The van der Waals surface area contributed by atoms with Gasteiger partial charge in [-0.15, -0.1) is 0 Å². The second-order valence-electron chi connectivity index (χ2n) is 5.67. The molecule has 2 aromatic heterocycles. The maximum atomic E-state index is 12.8. The van der Waals surface area contributed by atoms with Crippen LogP contribution in [-0.2, 0) is 13.0 Å². The zero-order valence-corrected chi connectivity index (χ0v) is 13.4. The molecule has 0 bridgehead atoms. The molecule has 1 fully saturated rings. The third kappa shape index (κ3) is 2.42. The van der Waals surface area contributed by atoms with Gasteiger partial charge in [0, 0.05) is 31.3 Å². The molecule has 22 heavy (non-hydrogen) atoms. The molecule has 1 amide bonds. The van der Waals surface area contributed by atoms with Crippen molar-refractivity contribution in [1.29, 1.82) is 0 Å². The molecule has 0 saturated carbocycles. The minimum absolute atomic E-state index is 0.00245. The van der Waals surface area contributed by atoms with E-state index in [1.807, 2.05) is 31.9 Å². The molecule has 0 spiro atoms. The fourth-order valence-electron chi connectivity index (χ4n) is 3.21. The number of likely N-dealkylation sites (tertiary alicyclic amines) is 1. The van der Waals surface area contributed by atoms with Gasteiger partial charge in [-0.25, -0.2) is 0 Å². The van der Waals surface area contributed by atoms with E-state index in [1.165, 1.54) is 0 Å². The Morgan fingerprint density at radius 2 is 2.27 bits per heavy atom. The molecule has 3 rings (SSSR count). The maximum Gasteiger partial charge on any atom is 0.274 e. The SMILES string of the molecule is CCc1onc(C)c1[C@@H]1CCCN1C(=O)c1ccn(CC)n1. The van der Waals surface area contributed by atoms with Crippen LogP contribution in [0.2, 0.25) is 0 Å². The Labute approximate surface area is 130 Å². The van der Waals surface area contributed by atoms with Gasteiger partial charge in [-0.1, -0.05) is 12.1 Å². The van der Waals surface area contributed by atoms with Crippen LogP contribution in [0.1, 0.15) is 60.2 Å². The van der Waals surface area contributed by atoms with Gasteiger partial charge in [0.05, 0.1) is 11.7 Å². The van der Waals surface area contributed by atoms with E-state index in [0.717, 1.165) is 49.4 Å². The molecular weight excluding hydrogens is 280 g/mol. The average Bonchev–Trinajstić information content (AvgIpc) is 3.24. The number of aryl methyl sites for hydroxylation is 3. The number of carbonyl (C=O) groups excluding carboxylic acids is 1. The number of carbonyl (C=O) groups is 1. The van der Waals surface area contributed by atoms with Gasteiger partial charge < -0.3 is 9.42 Å². The van der Waals surface area contributed by atoms with E-state index in [9.17, 15) is 4.79 Å². The van der Waals surface area contributed by atoms with Crippen LogP contribution in [0.3, 0.4) is 0 Å². The summed E-state index contributed by atoms with van der Waals surface area (Å²) in [6.45, 7) is 7.53. The third-order valence-corrected chi connectivity index (χ3v) is 4.33. The molecule has 0 aliphatic carbocycles. The summed E-state index contributed by atoms with van der Waals surface area (Å²) in [5.74, 6) is 0.888. The van der Waals surface area contributed by atoms with Gasteiger partial charge in [0.1, 0.15) is 11.5 Å². The smallest absolute Gasteiger partial charge is 0.274 e. The van der Waals surface area contributed by atoms with E-state index in [2.05, 4.69) is 10.3 Å². The summed E-state index contributed by atoms with van der Waals surface area (Å²) in [5, 5.41) is 8.42. The van der Waals surface area contributed by atoms with Gasteiger partial charge in [-0.2, -0.15) is 5.10 Å². The van der Waals surface area contributed by atoms with E-state index in [0.29, 0.717) is 5.69 Å². The van der Waals surface area contributed by atoms with Crippen LogP contribution < -0.4 is 0 Å². The van der Waals surface area contributed by atoms with Gasteiger partial charge >= 0.3 is 0 Å². The number of aromatic nitrogens is 3. The van der Waals surface area contributed by atoms with Gasteiger partial charge in [-0.3, -0.25) is 9.48 Å². The monoisotopic (exact) mass is 302 g/mol. The first-order valence-corrected chi connectivity index (χ1v) is 7.95. The highest BCUT2D eigenvalue weighted by molar-refractivity contribution is 5.92. The molecule has 1 saturated heterocycles. The molecule has 1 aliphatic heterocycles. The van der Waals surface area contributed by atoms with Crippen molar-refractivity contribution >= 4 is 5.91 Å². The summed E-state index contributed by atoms with van der Waals surface area (Å²) in [7, 11) is 0. The number of hydrogen-bond acceptors (Lipinski definition) is 4. The predicted molar refractivity (Wildman–Crippen MR) is 81.5 cm³/mol. The van der Waals surface area contributed by atoms with Crippen LogP contribution >= 0.6 is 0 Å². The minimum Gasteiger partial charge on any atom is -0.361 e. The predicted octanol–water partition coefficient (Wildman–Crippen LogP) is 2.74. The first-order chi connectivity index (χ1) is 10.7. The lowest BCUT2D eigenvalue weighted by atomic mass is 10.0. The molecule has 3 heterocycles. The Kier molecular flexibility index (Phi) is 4.00. The Hall–Kier alpha value is -2.11. The van der Waals surface area contributed by atoms with Crippen molar-refractivity contribution in [2.75, 3.05) is 6.54 Å². The van der Waals surface area contributed by atoms with Crippen LogP contribution in [0.25, 0.3) is 0 Å². The molecule has 118 valence electrons. The van der Waals surface area contributed by atoms with E-state index in [4.69, 9.17) is 4.52 Å². The molecule has 6 nitrogen and oxygen atoms in total. The summed E-state index contributed by atoms with van der Waals surface area (Å²) in [6, 6.07) is 1.85. The second-order valence-corrected chi connectivity index (χ2v) is 5.67. The summed E-state index contributed by atoms with van der Waals surface area (Å²) >= 11 is 0. The lowest BCUT2D eigenvalue weighted by Gasteiger charge is -2.24. The van der Waals surface area contributed by atoms with Crippen molar-refractivity contribution in [2.24, 2.45) is 0 Å². The minimum atomic E-state index is -0.00245. The van der Waals surface area contributed by atoms with Crippen LogP contribution in [0.15, 0.2) is 16.8 Å². The van der Waals surface area contributed by atoms with Crippen molar-refractivity contribution in [1.82, 2.24) is 19.8 Å². The Balaban J connectivity index is 1.89. The summed E-state index contributed by atoms with van der Waals surface area (Å²) in [4.78, 5) is 14.7. The standard InChI is InChI=1S/C16H22N4O2/c1-4-14-15(11(3)18-22-14)13-7-6-9-20(13)16(21)12-8-10-19(5-2)17-12/h8,10,13H,4-7,9H2,1-3H3/t13-/m0/s1. The maximum absolute atomic E-state index is 12.8. The quantitative estimate of drug-likeness (QED) is 0.871. The van der Waals surface area contributed by atoms with Crippen molar-refractivity contribution in [3.63, 3.8) is 0 Å². The van der Waals surface area contributed by atoms with Crippen LogP contribution in [0, 0.1) is 6.92 Å². The van der Waals surface area contributed by atoms with E-state index >= 15 is 0 Å². The highest BCUT2D eigenvalue weighted by Gasteiger charge is 2.35. The second kappa shape index (κ2) is 5.94. The fraction of sp³-hybridized carbons (Fsp3) is 0.562. The Morgan fingerprint density at radius 1 is 1.45 bits per heavy atom. The molecule has 0 unspecified atom stereocenters. The van der Waals surface area contributed by atoms with Crippen molar-refractivity contribution in [3.8, 4) is 0 Å². The summed E-state index contributed by atoms with van der Waals surface area (Å²) in [6.07, 6.45) is 4.59. The summed E-state index contributed by atoms with van der Waals surface area (Å²) < 4.78 is 7.18. The average molecular weight is 302 g/mol. The topological polar surface area (TPSA) is 64.2 Å². The van der Waals surface area contributed by atoms with Crippen LogP contribution in [0.4, 0.5) is 0 Å². The number of nitrogens with zero attached hydrogens (tertiary/aromatic N) is 4. The van der Waals surface area contributed by atoms with Crippen molar-refractivity contribution < 1.29 is 9.32 Å². The van der Waals surface area contributed by atoms with Crippen LogP contribution in [0.5, 0.6) is 0 Å². The van der Waals surface area contributed by atoms with Crippen molar-refractivity contribution in [3.05, 3.63) is 35.0 Å². The molecule has 1 atom stereocenters. The molecular formula is C16H22N4O2. The molecule has 0 radical (unpaired) electrons.